The van der Waals surface area contributed by atoms with Crippen LogP contribution in [0.25, 0.3) is 10.2 Å². The number of hydrogen-bond acceptors (Lipinski definition) is 4. The van der Waals surface area contributed by atoms with E-state index in [4.69, 9.17) is 0 Å². The highest BCUT2D eigenvalue weighted by molar-refractivity contribution is 7.17. The van der Waals surface area contributed by atoms with Crippen molar-refractivity contribution in [1.82, 2.24) is 14.5 Å². The van der Waals surface area contributed by atoms with Crippen molar-refractivity contribution >= 4 is 21.6 Å². The topological polar surface area (TPSA) is 47.8 Å². The average molecular weight is 243 g/mol. The van der Waals surface area contributed by atoms with Gasteiger partial charge in [0.1, 0.15) is 4.70 Å². The average Bonchev–Trinajstić information content (AvgIpc) is 2.83. The van der Waals surface area contributed by atoms with Crippen LogP contribution in [0.3, 0.4) is 0 Å². The quantitative estimate of drug-likeness (QED) is 0.690. The van der Waals surface area contributed by atoms with Crippen molar-refractivity contribution < 1.29 is 0 Å². The monoisotopic (exact) mass is 243 g/mol. The second-order valence-electron chi connectivity index (χ2n) is 3.63. The normalized spacial score (nSPS) is 10.8. The number of nitrogens with zero attached hydrogens (tertiary/aromatic N) is 3. The Morgan fingerprint density at radius 3 is 3.00 bits per heavy atom. The van der Waals surface area contributed by atoms with Crippen LogP contribution < -0.4 is 5.56 Å². The van der Waals surface area contributed by atoms with Crippen molar-refractivity contribution in [3.05, 3.63) is 58.2 Å². The molecule has 0 atom stereocenters. The first kappa shape index (κ1) is 10.2. The van der Waals surface area contributed by atoms with Crippen molar-refractivity contribution in [3.8, 4) is 0 Å². The molecule has 3 aromatic rings. The maximum absolute atomic E-state index is 12.1. The van der Waals surface area contributed by atoms with Crippen molar-refractivity contribution in [1.29, 1.82) is 0 Å². The van der Waals surface area contributed by atoms with Gasteiger partial charge in [0.15, 0.2) is 0 Å². The molecule has 3 rings (SSSR count). The minimum atomic E-state index is -0.00402. The van der Waals surface area contributed by atoms with Crippen LogP contribution >= 0.6 is 11.3 Å². The first-order chi connectivity index (χ1) is 8.34. The van der Waals surface area contributed by atoms with Crippen molar-refractivity contribution in [2.75, 3.05) is 0 Å². The smallest absolute Gasteiger partial charge is 0.271 e. The van der Waals surface area contributed by atoms with Gasteiger partial charge < -0.3 is 0 Å². The zero-order valence-corrected chi connectivity index (χ0v) is 9.72. The number of hydrogen-bond donors (Lipinski definition) is 0. The maximum atomic E-state index is 12.1. The Morgan fingerprint density at radius 1 is 1.24 bits per heavy atom. The molecule has 0 spiro atoms. The van der Waals surface area contributed by atoms with Crippen molar-refractivity contribution in [2.24, 2.45) is 0 Å². The van der Waals surface area contributed by atoms with E-state index in [2.05, 4.69) is 9.97 Å². The van der Waals surface area contributed by atoms with Gasteiger partial charge in [0.25, 0.3) is 5.56 Å². The third-order valence-electron chi connectivity index (χ3n) is 2.49. The van der Waals surface area contributed by atoms with E-state index in [9.17, 15) is 4.79 Å². The van der Waals surface area contributed by atoms with E-state index in [0.29, 0.717) is 11.2 Å². The maximum Gasteiger partial charge on any atom is 0.271 e. The molecule has 84 valence electrons. The Balaban J connectivity index is 2.07. The summed E-state index contributed by atoms with van der Waals surface area (Å²) in [4.78, 5) is 20.5. The van der Waals surface area contributed by atoms with Crippen LogP contribution in [-0.4, -0.2) is 14.5 Å². The fourth-order valence-corrected chi connectivity index (χ4v) is 2.45. The SMILES string of the molecule is O=c1c2sccc2ncn1Cc1ccccn1. The van der Waals surface area contributed by atoms with Crippen LogP contribution in [0.15, 0.2) is 47.0 Å². The Kier molecular flexibility index (Phi) is 2.45. The molecule has 4 nitrogen and oxygen atoms in total. The summed E-state index contributed by atoms with van der Waals surface area (Å²) in [6, 6.07) is 7.51. The first-order valence-corrected chi connectivity index (χ1v) is 6.05. The molecular formula is C12H9N3OS. The van der Waals surface area contributed by atoms with E-state index in [1.54, 1.807) is 17.1 Å². The molecule has 0 radical (unpaired) electrons. The Hall–Kier alpha value is -2.01. The zero-order valence-electron chi connectivity index (χ0n) is 8.91. The lowest BCUT2D eigenvalue weighted by molar-refractivity contribution is 0.731. The van der Waals surface area contributed by atoms with Crippen LogP contribution in [0.4, 0.5) is 0 Å². The van der Waals surface area contributed by atoms with Gasteiger partial charge in [-0.15, -0.1) is 11.3 Å². The molecule has 0 amide bonds. The molecule has 0 bridgehead atoms. The Morgan fingerprint density at radius 2 is 2.18 bits per heavy atom. The summed E-state index contributed by atoms with van der Waals surface area (Å²) < 4.78 is 2.28. The van der Waals surface area contributed by atoms with Gasteiger partial charge in [-0.3, -0.25) is 14.3 Å². The summed E-state index contributed by atoms with van der Waals surface area (Å²) in [5.41, 5.74) is 1.61. The lowest BCUT2D eigenvalue weighted by atomic mass is 10.3. The van der Waals surface area contributed by atoms with E-state index in [1.165, 1.54) is 11.3 Å². The summed E-state index contributed by atoms with van der Waals surface area (Å²) in [5.74, 6) is 0. The molecule has 0 aliphatic heterocycles. The summed E-state index contributed by atoms with van der Waals surface area (Å²) in [5, 5.41) is 1.88. The second-order valence-corrected chi connectivity index (χ2v) is 4.55. The predicted molar refractivity (Wildman–Crippen MR) is 67.2 cm³/mol. The highest BCUT2D eigenvalue weighted by atomic mass is 32.1. The summed E-state index contributed by atoms with van der Waals surface area (Å²) in [6.07, 6.45) is 3.30. The van der Waals surface area contributed by atoms with Gasteiger partial charge >= 0.3 is 0 Å². The predicted octanol–water partition coefficient (Wildman–Crippen LogP) is 1.90. The molecule has 17 heavy (non-hydrogen) atoms. The largest absolute Gasteiger partial charge is 0.292 e. The molecular weight excluding hydrogens is 234 g/mol. The molecule has 0 saturated carbocycles. The summed E-state index contributed by atoms with van der Waals surface area (Å²) >= 11 is 1.42. The third kappa shape index (κ3) is 1.85. The molecule has 3 aromatic heterocycles. The Labute approximate surface area is 101 Å². The van der Waals surface area contributed by atoms with E-state index < -0.39 is 0 Å². The van der Waals surface area contributed by atoms with Gasteiger partial charge in [0.2, 0.25) is 0 Å². The standard InChI is InChI=1S/C12H9N3OS/c16-12-11-10(4-6-17-11)14-8-15(12)7-9-3-1-2-5-13-9/h1-6,8H,7H2. The van der Waals surface area contributed by atoms with Crippen molar-refractivity contribution in [3.63, 3.8) is 0 Å². The van der Waals surface area contributed by atoms with E-state index >= 15 is 0 Å². The first-order valence-electron chi connectivity index (χ1n) is 5.17. The molecule has 0 saturated heterocycles. The highest BCUT2D eigenvalue weighted by Crippen LogP contribution is 2.13. The highest BCUT2D eigenvalue weighted by Gasteiger charge is 2.05. The molecule has 0 unspecified atom stereocenters. The van der Waals surface area contributed by atoms with Crippen LogP contribution in [-0.2, 0) is 6.54 Å². The number of fused-ring (bicyclic) bond motifs is 1. The number of aromatic nitrogens is 3. The molecule has 0 N–H and O–H groups in total. The van der Waals surface area contributed by atoms with Gasteiger partial charge in [0.05, 0.1) is 24.1 Å². The molecule has 0 aliphatic carbocycles. The zero-order chi connectivity index (χ0) is 11.7. The van der Waals surface area contributed by atoms with Gasteiger partial charge in [-0.1, -0.05) is 6.07 Å². The molecule has 5 heteroatoms. The summed E-state index contributed by atoms with van der Waals surface area (Å²) in [7, 11) is 0. The second kappa shape index (κ2) is 4.10. The Bertz CT molecular complexity index is 702. The lowest BCUT2D eigenvalue weighted by Crippen LogP contribution is -2.20. The van der Waals surface area contributed by atoms with Crippen LogP contribution in [0.2, 0.25) is 0 Å². The van der Waals surface area contributed by atoms with Gasteiger partial charge in [0, 0.05) is 6.20 Å². The van der Waals surface area contributed by atoms with Crippen LogP contribution in [0.5, 0.6) is 0 Å². The minimum Gasteiger partial charge on any atom is -0.292 e. The number of thiophene rings is 1. The van der Waals surface area contributed by atoms with Gasteiger partial charge in [-0.05, 0) is 23.6 Å². The van der Waals surface area contributed by atoms with E-state index in [0.717, 1.165) is 11.2 Å². The molecule has 0 aromatic carbocycles. The van der Waals surface area contributed by atoms with Gasteiger partial charge in [-0.25, -0.2) is 4.98 Å². The van der Waals surface area contributed by atoms with Crippen LogP contribution in [0, 0.1) is 0 Å². The lowest BCUT2D eigenvalue weighted by Gasteiger charge is -2.03. The summed E-state index contributed by atoms with van der Waals surface area (Å²) in [6.45, 7) is 0.459. The molecule has 0 aliphatic rings. The molecule has 0 fully saturated rings. The number of pyridine rings is 1. The van der Waals surface area contributed by atoms with Crippen LogP contribution in [0.1, 0.15) is 5.69 Å². The minimum absolute atomic E-state index is 0.00402. The van der Waals surface area contributed by atoms with E-state index in [-0.39, 0.29) is 5.56 Å². The molecule has 3 heterocycles. The fraction of sp³-hybridized carbons (Fsp3) is 0.0833. The van der Waals surface area contributed by atoms with E-state index in [1.807, 2.05) is 29.6 Å². The van der Waals surface area contributed by atoms with Gasteiger partial charge in [-0.2, -0.15) is 0 Å². The van der Waals surface area contributed by atoms with Crippen molar-refractivity contribution in [2.45, 2.75) is 6.54 Å². The fourth-order valence-electron chi connectivity index (χ4n) is 1.66. The third-order valence-corrected chi connectivity index (χ3v) is 3.39. The number of rotatable bonds is 2.